The van der Waals surface area contributed by atoms with Gasteiger partial charge < -0.3 is 10.4 Å². The number of phenolic OH excluding ortho intramolecular Hbond substituents is 1. The van der Waals surface area contributed by atoms with Crippen LogP contribution < -0.4 is 5.32 Å². The molecule has 5 heteroatoms. The first kappa shape index (κ1) is 12.6. The number of piperazine rings is 1. The zero-order valence-electron chi connectivity index (χ0n) is 9.71. The number of nitrogens with one attached hydrogen (secondary N) is 1. The van der Waals surface area contributed by atoms with Crippen molar-refractivity contribution in [1.82, 2.24) is 10.2 Å². The van der Waals surface area contributed by atoms with Gasteiger partial charge in [-0.15, -0.1) is 0 Å². The van der Waals surface area contributed by atoms with Crippen LogP contribution in [-0.2, 0) is 0 Å². The molecule has 1 aromatic carbocycles. The number of benzene rings is 1. The van der Waals surface area contributed by atoms with Crippen LogP contribution in [0.15, 0.2) is 12.1 Å². The Bertz CT molecular complexity index is 408. The molecule has 2 N–H and O–H groups in total. The van der Waals surface area contributed by atoms with Gasteiger partial charge in [-0.1, -0.05) is 11.6 Å². The molecule has 1 atom stereocenters. The fraction of sp³-hybridized carbons (Fsp3) is 0.500. The zero-order chi connectivity index (χ0) is 12.4. The summed E-state index contributed by atoms with van der Waals surface area (Å²) in [7, 11) is 0. The standard InChI is InChI=1S/C12H16ClFN2O/c1-8(16-6-4-15-5-7-16)11-10(14)3-2-9(13)12(11)17/h2-3,8,15,17H,4-7H2,1H3/t8-/m0/s1. The van der Waals surface area contributed by atoms with Gasteiger partial charge in [-0.3, -0.25) is 4.90 Å². The molecule has 1 fully saturated rings. The maximum absolute atomic E-state index is 13.8. The van der Waals surface area contributed by atoms with E-state index in [0.717, 1.165) is 26.2 Å². The maximum Gasteiger partial charge on any atom is 0.141 e. The smallest absolute Gasteiger partial charge is 0.141 e. The van der Waals surface area contributed by atoms with Gasteiger partial charge in [0.05, 0.1) is 5.02 Å². The van der Waals surface area contributed by atoms with Gasteiger partial charge in [0.1, 0.15) is 11.6 Å². The molecule has 3 nitrogen and oxygen atoms in total. The number of phenols is 1. The summed E-state index contributed by atoms with van der Waals surface area (Å²) >= 11 is 5.82. The van der Waals surface area contributed by atoms with Crippen molar-refractivity contribution >= 4 is 11.6 Å². The van der Waals surface area contributed by atoms with Crippen molar-refractivity contribution in [3.63, 3.8) is 0 Å². The van der Waals surface area contributed by atoms with Gasteiger partial charge in [0.15, 0.2) is 0 Å². The van der Waals surface area contributed by atoms with E-state index in [4.69, 9.17) is 11.6 Å². The van der Waals surface area contributed by atoms with E-state index in [1.165, 1.54) is 12.1 Å². The Hall–Kier alpha value is -0.840. The van der Waals surface area contributed by atoms with Crippen LogP contribution in [0, 0.1) is 5.82 Å². The van der Waals surface area contributed by atoms with Crippen LogP contribution in [0.3, 0.4) is 0 Å². The topological polar surface area (TPSA) is 35.5 Å². The summed E-state index contributed by atoms with van der Waals surface area (Å²) in [6.07, 6.45) is 0. The van der Waals surface area contributed by atoms with E-state index < -0.39 is 5.82 Å². The first-order valence-corrected chi connectivity index (χ1v) is 6.10. The molecule has 0 aliphatic carbocycles. The first-order chi connectivity index (χ1) is 8.11. The van der Waals surface area contributed by atoms with E-state index in [0.29, 0.717) is 5.56 Å². The van der Waals surface area contributed by atoms with E-state index >= 15 is 0 Å². The number of halogens is 2. The number of nitrogens with zero attached hydrogens (tertiary/aromatic N) is 1. The lowest BCUT2D eigenvalue weighted by Crippen LogP contribution is -2.44. The van der Waals surface area contributed by atoms with Crippen LogP contribution in [0.2, 0.25) is 5.02 Å². The highest BCUT2D eigenvalue weighted by molar-refractivity contribution is 6.32. The van der Waals surface area contributed by atoms with Crippen LogP contribution in [0.4, 0.5) is 4.39 Å². The van der Waals surface area contributed by atoms with E-state index in [1.807, 2.05) is 6.92 Å². The van der Waals surface area contributed by atoms with Crippen molar-refractivity contribution in [1.29, 1.82) is 0 Å². The molecule has 1 aromatic rings. The van der Waals surface area contributed by atoms with Crippen molar-refractivity contribution in [3.8, 4) is 5.75 Å². The summed E-state index contributed by atoms with van der Waals surface area (Å²) in [5.74, 6) is -0.546. The Labute approximate surface area is 105 Å². The highest BCUT2D eigenvalue weighted by atomic mass is 35.5. The molecular weight excluding hydrogens is 243 g/mol. The molecule has 0 aromatic heterocycles. The average Bonchev–Trinajstić information content (AvgIpc) is 2.35. The molecule has 2 rings (SSSR count). The minimum absolute atomic E-state index is 0.141. The minimum Gasteiger partial charge on any atom is -0.506 e. The predicted octanol–water partition coefficient (Wildman–Crippen LogP) is 2.15. The van der Waals surface area contributed by atoms with Crippen LogP contribution in [0.25, 0.3) is 0 Å². The van der Waals surface area contributed by atoms with Gasteiger partial charge in [-0.2, -0.15) is 0 Å². The third kappa shape index (κ3) is 2.54. The molecule has 0 saturated carbocycles. The third-order valence-electron chi connectivity index (χ3n) is 3.23. The van der Waals surface area contributed by atoms with Crippen molar-refractivity contribution in [2.75, 3.05) is 26.2 Å². The summed E-state index contributed by atoms with van der Waals surface area (Å²) in [5, 5.41) is 13.3. The molecule has 0 spiro atoms. The number of aromatic hydroxyl groups is 1. The molecule has 94 valence electrons. The number of hydrogen-bond donors (Lipinski definition) is 2. The Morgan fingerprint density at radius 2 is 2.06 bits per heavy atom. The van der Waals surface area contributed by atoms with E-state index in [2.05, 4.69) is 10.2 Å². The molecule has 0 radical (unpaired) electrons. The monoisotopic (exact) mass is 258 g/mol. The maximum atomic E-state index is 13.8. The Morgan fingerprint density at radius 3 is 2.71 bits per heavy atom. The Morgan fingerprint density at radius 1 is 1.41 bits per heavy atom. The van der Waals surface area contributed by atoms with Crippen molar-refractivity contribution < 1.29 is 9.50 Å². The Balaban J connectivity index is 2.29. The minimum atomic E-state index is -0.405. The Kier molecular flexibility index (Phi) is 3.86. The van der Waals surface area contributed by atoms with Crippen molar-refractivity contribution in [2.24, 2.45) is 0 Å². The molecular formula is C12H16ClFN2O. The fourth-order valence-corrected chi connectivity index (χ4v) is 2.37. The average molecular weight is 259 g/mol. The zero-order valence-corrected chi connectivity index (χ0v) is 10.5. The molecule has 17 heavy (non-hydrogen) atoms. The molecule has 1 aliphatic rings. The highest BCUT2D eigenvalue weighted by Gasteiger charge is 2.24. The second-order valence-corrected chi connectivity index (χ2v) is 4.66. The summed E-state index contributed by atoms with van der Waals surface area (Å²) in [6.45, 7) is 5.33. The van der Waals surface area contributed by atoms with Crippen LogP contribution >= 0.6 is 11.6 Å². The lowest BCUT2D eigenvalue weighted by atomic mass is 10.0. The SMILES string of the molecule is C[C@@H](c1c(F)ccc(Cl)c1O)N1CCNCC1. The number of rotatable bonds is 2. The third-order valence-corrected chi connectivity index (χ3v) is 3.54. The van der Waals surface area contributed by atoms with E-state index in [-0.39, 0.29) is 16.8 Å². The lowest BCUT2D eigenvalue weighted by Gasteiger charge is -2.33. The van der Waals surface area contributed by atoms with Crippen LogP contribution in [0.1, 0.15) is 18.5 Å². The van der Waals surface area contributed by atoms with Gasteiger partial charge in [0, 0.05) is 37.8 Å². The summed E-state index contributed by atoms with van der Waals surface area (Å²) in [6, 6.07) is 2.51. The summed E-state index contributed by atoms with van der Waals surface area (Å²) < 4.78 is 13.8. The van der Waals surface area contributed by atoms with Gasteiger partial charge in [-0.25, -0.2) is 4.39 Å². The first-order valence-electron chi connectivity index (χ1n) is 5.73. The van der Waals surface area contributed by atoms with E-state index in [9.17, 15) is 9.50 Å². The van der Waals surface area contributed by atoms with Gasteiger partial charge in [0.25, 0.3) is 0 Å². The van der Waals surface area contributed by atoms with Crippen LogP contribution in [-0.4, -0.2) is 36.2 Å². The molecule has 0 unspecified atom stereocenters. The molecule has 0 amide bonds. The predicted molar refractivity (Wildman–Crippen MR) is 65.9 cm³/mol. The summed E-state index contributed by atoms with van der Waals surface area (Å²) in [4.78, 5) is 2.13. The van der Waals surface area contributed by atoms with Crippen LogP contribution in [0.5, 0.6) is 5.75 Å². The van der Waals surface area contributed by atoms with Gasteiger partial charge in [-0.05, 0) is 19.1 Å². The highest BCUT2D eigenvalue weighted by Crippen LogP contribution is 2.36. The van der Waals surface area contributed by atoms with Crippen molar-refractivity contribution in [3.05, 3.63) is 28.5 Å². The quantitative estimate of drug-likeness (QED) is 0.853. The van der Waals surface area contributed by atoms with E-state index in [1.54, 1.807) is 0 Å². The lowest BCUT2D eigenvalue weighted by molar-refractivity contribution is 0.179. The number of hydrogen-bond acceptors (Lipinski definition) is 3. The largest absolute Gasteiger partial charge is 0.506 e. The fourth-order valence-electron chi connectivity index (χ4n) is 2.21. The molecule has 1 aliphatic heterocycles. The van der Waals surface area contributed by atoms with Crippen molar-refractivity contribution in [2.45, 2.75) is 13.0 Å². The second kappa shape index (κ2) is 5.21. The molecule has 1 heterocycles. The van der Waals surface area contributed by atoms with Gasteiger partial charge >= 0.3 is 0 Å². The second-order valence-electron chi connectivity index (χ2n) is 4.25. The molecule has 0 bridgehead atoms. The summed E-state index contributed by atoms with van der Waals surface area (Å²) in [5.41, 5.74) is 0.291. The normalized spacial score (nSPS) is 19.2. The van der Waals surface area contributed by atoms with Gasteiger partial charge in [0.2, 0.25) is 0 Å². The molecule has 1 saturated heterocycles.